The standard InChI is InChI=1S/C13H19NO2S/c1-10(15)4-7-13(16)14(11-5-6-11)9-12-3-2-8-17-12/h2-3,8,10-11,15H,4-7,9H2,1H3. The predicted molar refractivity (Wildman–Crippen MR) is 68.8 cm³/mol. The lowest BCUT2D eigenvalue weighted by Crippen LogP contribution is -2.32. The lowest BCUT2D eigenvalue weighted by Gasteiger charge is -2.22. The van der Waals surface area contributed by atoms with Crippen molar-refractivity contribution in [1.29, 1.82) is 0 Å². The molecule has 0 aliphatic heterocycles. The molecule has 1 unspecified atom stereocenters. The van der Waals surface area contributed by atoms with Crippen molar-refractivity contribution in [2.45, 2.75) is 51.3 Å². The zero-order valence-electron chi connectivity index (χ0n) is 10.1. The maximum atomic E-state index is 12.1. The second-order valence-electron chi connectivity index (χ2n) is 4.72. The number of rotatable bonds is 6. The molecule has 1 N–H and O–H groups in total. The molecule has 94 valence electrons. The van der Waals surface area contributed by atoms with Crippen LogP contribution in [0.3, 0.4) is 0 Å². The smallest absolute Gasteiger partial charge is 0.223 e. The summed E-state index contributed by atoms with van der Waals surface area (Å²) in [6.07, 6.45) is 2.89. The van der Waals surface area contributed by atoms with Crippen molar-refractivity contribution in [3.63, 3.8) is 0 Å². The van der Waals surface area contributed by atoms with E-state index in [1.54, 1.807) is 18.3 Å². The monoisotopic (exact) mass is 253 g/mol. The fourth-order valence-electron chi connectivity index (χ4n) is 1.85. The van der Waals surface area contributed by atoms with Crippen LogP contribution in [0.5, 0.6) is 0 Å². The third-order valence-electron chi connectivity index (χ3n) is 2.99. The van der Waals surface area contributed by atoms with E-state index in [4.69, 9.17) is 0 Å². The van der Waals surface area contributed by atoms with Crippen molar-refractivity contribution in [3.05, 3.63) is 22.4 Å². The van der Waals surface area contributed by atoms with Gasteiger partial charge in [0.1, 0.15) is 0 Å². The Morgan fingerprint density at radius 3 is 2.94 bits per heavy atom. The van der Waals surface area contributed by atoms with Crippen molar-refractivity contribution in [2.24, 2.45) is 0 Å². The van der Waals surface area contributed by atoms with Gasteiger partial charge in [0.05, 0.1) is 12.6 Å². The summed E-state index contributed by atoms with van der Waals surface area (Å²) in [6, 6.07) is 4.53. The van der Waals surface area contributed by atoms with Gasteiger partial charge in [-0.25, -0.2) is 0 Å². The van der Waals surface area contributed by atoms with E-state index in [2.05, 4.69) is 6.07 Å². The molecule has 4 heteroatoms. The van der Waals surface area contributed by atoms with Crippen molar-refractivity contribution < 1.29 is 9.90 Å². The number of amides is 1. The Bertz CT molecular complexity index is 358. The molecule has 1 aromatic heterocycles. The molecule has 0 spiro atoms. The highest BCUT2D eigenvalue weighted by Crippen LogP contribution is 2.30. The molecule has 1 fully saturated rings. The number of hydrogen-bond donors (Lipinski definition) is 1. The van der Waals surface area contributed by atoms with E-state index >= 15 is 0 Å². The highest BCUT2D eigenvalue weighted by Gasteiger charge is 2.32. The predicted octanol–water partition coefficient (Wildman–Crippen LogP) is 2.40. The van der Waals surface area contributed by atoms with Gasteiger partial charge in [0.25, 0.3) is 0 Å². The van der Waals surface area contributed by atoms with Gasteiger partial charge in [0, 0.05) is 17.3 Å². The Morgan fingerprint density at radius 2 is 2.41 bits per heavy atom. The molecule has 1 heterocycles. The van der Waals surface area contributed by atoms with Crippen LogP contribution in [0.4, 0.5) is 0 Å². The van der Waals surface area contributed by atoms with Crippen LogP contribution >= 0.6 is 11.3 Å². The van der Waals surface area contributed by atoms with Gasteiger partial charge in [0.15, 0.2) is 0 Å². The third kappa shape index (κ3) is 3.82. The van der Waals surface area contributed by atoms with E-state index in [1.165, 1.54) is 4.88 Å². The van der Waals surface area contributed by atoms with Crippen LogP contribution in [0.25, 0.3) is 0 Å². The molecule has 1 aliphatic carbocycles. The molecule has 0 saturated heterocycles. The molecule has 1 aromatic rings. The molecular weight excluding hydrogens is 234 g/mol. The minimum absolute atomic E-state index is 0.182. The molecule has 0 aromatic carbocycles. The average Bonchev–Trinajstić information content (AvgIpc) is 3.00. The highest BCUT2D eigenvalue weighted by molar-refractivity contribution is 7.09. The molecule has 1 amide bonds. The van der Waals surface area contributed by atoms with Gasteiger partial charge >= 0.3 is 0 Å². The van der Waals surface area contributed by atoms with E-state index in [-0.39, 0.29) is 12.0 Å². The lowest BCUT2D eigenvalue weighted by atomic mass is 10.2. The summed E-state index contributed by atoms with van der Waals surface area (Å²) in [4.78, 5) is 15.3. The molecule has 0 bridgehead atoms. The lowest BCUT2D eigenvalue weighted by molar-refractivity contribution is -0.132. The Labute approximate surface area is 106 Å². The van der Waals surface area contributed by atoms with Crippen molar-refractivity contribution in [3.8, 4) is 0 Å². The Hall–Kier alpha value is -0.870. The summed E-state index contributed by atoms with van der Waals surface area (Å²) in [5.41, 5.74) is 0. The number of aliphatic hydroxyl groups excluding tert-OH is 1. The number of carbonyl (C=O) groups excluding carboxylic acids is 1. The normalized spacial score (nSPS) is 16.8. The Kier molecular flexibility index (Phi) is 4.18. The van der Waals surface area contributed by atoms with Crippen LogP contribution in [0.15, 0.2) is 17.5 Å². The second-order valence-corrected chi connectivity index (χ2v) is 5.75. The second kappa shape index (κ2) is 5.65. The molecule has 0 radical (unpaired) electrons. The van der Waals surface area contributed by atoms with Gasteiger partial charge in [-0.05, 0) is 37.6 Å². The first-order valence-corrected chi connectivity index (χ1v) is 7.04. The van der Waals surface area contributed by atoms with Crippen LogP contribution in [-0.4, -0.2) is 28.1 Å². The molecule has 17 heavy (non-hydrogen) atoms. The molecule has 3 nitrogen and oxygen atoms in total. The molecular formula is C13H19NO2S. The van der Waals surface area contributed by atoms with E-state index < -0.39 is 0 Å². The van der Waals surface area contributed by atoms with Crippen LogP contribution in [0.2, 0.25) is 0 Å². The first-order chi connectivity index (χ1) is 8.16. The summed E-state index contributed by atoms with van der Waals surface area (Å²) >= 11 is 1.69. The first kappa shape index (κ1) is 12.6. The maximum Gasteiger partial charge on any atom is 0.223 e. The molecule has 2 rings (SSSR count). The van der Waals surface area contributed by atoms with E-state index in [0.717, 1.165) is 19.4 Å². The maximum absolute atomic E-state index is 12.1. The van der Waals surface area contributed by atoms with Gasteiger partial charge in [-0.1, -0.05) is 6.07 Å². The number of thiophene rings is 1. The Balaban J connectivity index is 1.90. The van der Waals surface area contributed by atoms with E-state index in [9.17, 15) is 9.90 Å². The first-order valence-electron chi connectivity index (χ1n) is 6.16. The highest BCUT2D eigenvalue weighted by atomic mass is 32.1. The summed E-state index contributed by atoms with van der Waals surface area (Å²) in [6.45, 7) is 2.47. The number of carbonyl (C=O) groups is 1. The Morgan fingerprint density at radius 1 is 1.65 bits per heavy atom. The SMILES string of the molecule is CC(O)CCC(=O)N(Cc1cccs1)C1CC1. The van der Waals surface area contributed by atoms with Crippen molar-refractivity contribution in [2.75, 3.05) is 0 Å². The average molecular weight is 253 g/mol. The molecule has 1 atom stereocenters. The zero-order valence-corrected chi connectivity index (χ0v) is 10.9. The van der Waals surface area contributed by atoms with Gasteiger partial charge < -0.3 is 10.0 Å². The summed E-state index contributed by atoms with van der Waals surface area (Å²) < 4.78 is 0. The third-order valence-corrected chi connectivity index (χ3v) is 3.85. The summed E-state index contributed by atoms with van der Waals surface area (Å²) in [5.74, 6) is 0.182. The molecule has 1 aliphatic rings. The topological polar surface area (TPSA) is 40.5 Å². The van der Waals surface area contributed by atoms with Crippen molar-refractivity contribution in [1.82, 2.24) is 4.90 Å². The van der Waals surface area contributed by atoms with Crippen LogP contribution < -0.4 is 0 Å². The number of aliphatic hydroxyl groups is 1. The van der Waals surface area contributed by atoms with E-state index in [0.29, 0.717) is 18.9 Å². The number of hydrogen-bond acceptors (Lipinski definition) is 3. The zero-order chi connectivity index (χ0) is 12.3. The largest absolute Gasteiger partial charge is 0.393 e. The fourth-order valence-corrected chi connectivity index (χ4v) is 2.56. The van der Waals surface area contributed by atoms with Gasteiger partial charge in [-0.3, -0.25) is 4.79 Å². The minimum atomic E-state index is -0.387. The number of nitrogens with zero attached hydrogens (tertiary/aromatic N) is 1. The van der Waals surface area contributed by atoms with E-state index in [1.807, 2.05) is 16.3 Å². The quantitative estimate of drug-likeness (QED) is 0.845. The summed E-state index contributed by atoms with van der Waals surface area (Å²) in [5, 5.41) is 11.3. The van der Waals surface area contributed by atoms with Crippen LogP contribution in [0, 0.1) is 0 Å². The van der Waals surface area contributed by atoms with Crippen LogP contribution in [-0.2, 0) is 11.3 Å². The van der Waals surface area contributed by atoms with Crippen LogP contribution in [0.1, 0.15) is 37.5 Å². The summed E-state index contributed by atoms with van der Waals surface area (Å²) in [7, 11) is 0. The minimum Gasteiger partial charge on any atom is -0.393 e. The van der Waals surface area contributed by atoms with Gasteiger partial charge in [0.2, 0.25) is 5.91 Å². The fraction of sp³-hybridized carbons (Fsp3) is 0.615. The van der Waals surface area contributed by atoms with Gasteiger partial charge in [-0.2, -0.15) is 0 Å². The van der Waals surface area contributed by atoms with Gasteiger partial charge in [-0.15, -0.1) is 11.3 Å². The van der Waals surface area contributed by atoms with Crippen molar-refractivity contribution >= 4 is 17.2 Å². The molecule has 1 saturated carbocycles.